The van der Waals surface area contributed by atoms with Crippen molar-refractivity contribution in [2.24, 2.45) is 0 Å². The number of likely N-dealkylation sites (N-methyl/N-ethyl adjacent to an activating group) is 1. The summed E-state index contributed by atoms with van der Waals surface area (Å²) in [6.45, 7) is 5.50. The number of hydrogen-bond donors (Lipinski definition) is 0. The van der Waals surface area contributed by atoms with Crippen molar-refractivity contribution in [3.05, 3.63) is 63.0 Å². The van der Waals surface area contributed by atoms with E-state index in [1.165, 1.54) is 5.69 Å². The van der Waals surface area contributed by atoms with E-state index in [1.54, 1.807) is 0 Å². The molecule has 2 saturated heterocycles. The van der Waals surface area contributed by atoms with Gasteiger partial charge in [-0.3, -0.25) is 4.21 Å². The minimum atomic E-state index is -0.968. The topological polar surface area (TPSA) is 26.8 Å². The average Bonchev–Trinajstić information content (AvgIpc) is 2.73. The Balaban J connectivity index is 1.60. The number of piperazine rings is 1. The normalized spacial score (nSPS) is 22.3. The molecule has 4 nitrogen and oxygen atoms in total. The molecule has 0 saturated carbocycles. The smallest absolute Gasteiger partial charge is 0.0612 e. The first-order valence-corrected chi connectivity index (χ1v) is 11.9. The van der Waals surface area contributed by atoms with E-state index in [2.05, 4.69) is 52.1 Å². The molecule has 7 heteroatoms. The summed E-state index contributed by atoms with van der Waals surface area (Å²) in [5, 5.41) is 1.09. The summed E-state index contributed by atoms with van der Waals surface area (Å²) >= 11 is 12.3. The minimum absolute atomic E-state index is 0.543. The van der Waals surface area contributed by atoms with Crippen LogP contribution in [0.4, 0.5) is 11.4 Å². The van der Waals surface area contributed by atoms with Gasteiger partial charge in [0.25, 0.3) is 0 Å². The zero-order chi connectivity index (χ0) is 20.4. The van der Waals surface area contributed by atoms with Crippen LogP contribution in [0.1, 0.15) is 5.56 Å². The largest absolute Gasteiger partial charge is 0.368 e. The molecule has 0 aliphatic carbocycles. The van der Waals surface area contributed by atoms with Crippen LogP contribution in [0, 0.1) is 0 Å². The fourth-order valence-electron chi connectivity index (χ4n) is 3.80. The summed E-state index contributed by atoms with van der Waals surface area (Å²) in [7, 11) is 1.19. The summed E-state index contributed by atoms with van der Waals surface area (Å²) < 4.78 is 12.8. The highest BCUT2D eigenvalue weighted by atomic mass is 35.5. The number of benzene rings is 2. The van der Waals surface area contributed by atoms with E-state index < -0.39 is 10.8 Å². The summed E-state index contributed by atoms with van der Waals surface area (Å²) in [5.74, 6) is 0.614. The summed E-state index contributed by atoms with van der Waals surface area (Å²) in [6.07, 6.45) is 2.12. The lowest BCUT2D eigenvalue weighted by molar-refractivity contribution is 0.313. The number of rotatable bonds is 3. The van der Waals surface area contributed by atoms with Gasteiger partial charge in [0.1, 0.15) is 0 Å². The highest BCUT2D eigenvalue weighted by Gasteiger charge is 2.22. The first kappa shape index (κ1) is 20.7. The predicted octanol–water partition coefficient (Wildman–Crippen LogP) is 4.36. The molecule has 0 bridgehead atoms. The molecule has 2 aromatic carbocycles. The second-order valence-electron chi connectivity index (χ2n) is 7.53. The van der Waals surface area contributed by atoms with Crippen molar-refractivity contribution in [3.8, 4) is 0 Å². The van der Waals surface area contributed by atoms with Crippen LogP contribution in [0.15, 0.2) is 47.4 Å². The molecule has 0 aromatic heterocycles. The van der Waals surface area contributed by atoms with Gasteiger partial charge >= 0.3 is 0 Å². The number of anilines is 2. The van der Waals surface area contributed by atoms with Crippen LogP contribution in [0.2, 0.25) is 10.0 Å². The Kier molecular flexibility index (Phi) is 6.50. The Hall–Kier alpha value is -1.53. The monoisotopic (exact) mass is 449 g/mol. The Morgan fingerprint density at radius 3 is 2.45 bits per heavy atom. The van der Waals surface area contributed by atoms with Gasteiger partial charge in [-0.05, 0) is 43.0 Å². The summed E-state index contributed by atoms with van der Waals surface area (Å²) in [6, 6.07) is 14.1. The molecule has 2 heterocycles. The van der Waals surface area contributed by atoms with Gasteiger partial charge < -0.3 is 14.7 Å². The van der Waals surface area contributed by atoms with Crippen molar-refractivity contribution >= 4 is 51.5 Å². The molecule has 0 spiro atoms. The van der Waals surface area contributed by atoms with E-state index >= 15 is 0 Å². The van der Waals surface area contributed by atoms with E-state index in [0.29, 0.717) is 22.3 Å². The maximum atomic E-state index is 12.8. The zero-order valence-electron chi connectivity index (χ0n) is 16.5. The van der Waals surface area contributed by atoms with Gasteiger partial charge in [0.05, 0.1) is 27.4 Å². The summed E-state index contributed by atoms with van der Waals surface area (Å²) in [4.78, 5) is 7.94. The maximum Gasteiger partial charge on any atom is 0.0612 e. The molecule has 154 valence electrons. The fourth-order valence-corrected chi connectivity index (χ4v) is 5.29. The molecule has 2 aliphatic rings. The lowest BCUT2D eigenvalue weighted by atomic mass is 10.1. The molecule has 1 unspecified atom stereocenters. The third kappa shape index (κ3) is 4.80. The highest BCUT2D eigenvalue weighted by molar-refractivity contribution is 7.89. The van der Waals surface area contributed by atoms with Crippen LogP contribution in [0.25, 0.3) is 6.08 Å². The van der Waals surface area contributed by atoms with Gasteiger partial charge in [-0.15, -0.1) is 0 Å². The molecule has 0 amide bonds. The average molecular weight is 450 g/mol. The predicted molar refractivity (Wildman–Crippen MR) is 126 cm³/mol. The SMILES string of the molecule is CN1CCN(c2ccccc2C=C2CN(c3ccc(Cl)c(Cl)c3)CCS2=O)CC1. The zero-order valence-corrected chi connectivity index (χ0v) is 18.8. The van der Waals surface area contributed by atoms with Gasteiger partial charge in [0, 0.05) is 54.8 Å². The first-order valence-electron chi connectivity index (χ1n) is 9.83. The fraction of sp³-hybridized carbons (Fsp3) is 0.364. The van der Waals surface area contributed by atoms with Gasteiger partial charge in [-0.2, -0.15) is 0 Å². The molecule has 2 aliphatic heterocycles. The Morgan fingerprint density at radius 1 is 0.931 bits per heavy atom. The highest BCUT2D eigenvalue weighted by Crippen LogP contribution is 2.30. The van der Waals surface area contributed by atoms with Crippen molar-refractivity contribution in [2.45, 2.75) is 0 Å². The van der Waals surface area contributed by atoms with E-state index in [0.717, 1.165) is 48.9 Å². The first-order chi connectivity index (χ1) is 14.0. The van der Waals surface area contributed by atoms with Crippen LogP contribution in [-0.2, 0) is 10.8 Å². The molecular weight excluding hydrogens is 425 g/mol. The Bertz CT molecular complexity index is 941. The van der Waals surface area contributed by atoms with Gasteiger partial charge in [0.2, 0.25) is 0 Å². The van der Waals surface area contributed by atoms with Crippen LogP contribution in [0.3, 0.4) is 0 Å². The number of nitrogens with zero attached hydrogens (tertiary/aromatic N) is 3. The lowest BCUT2D eigenvalue weighted by Gasteiger charge is -2.35. The van der Waals surface area contributed by atoms with E-state index in [1.807, 2.05) is 18.2 Å². The van der Waals surface area contributed by atoms with Crippen LogP contribution in [-0.4, -0.2) is 61.2 Å². The molecule has 0 radical (unpaired) electrons. The molecule has 0 N–H and O–H groups in total. The van der Waals surface area contributed by atoms with Crippen LogP contribution < -0.4 is 9.80 Å². The second kappa shape index (κ2) is 9.09. The van der Waals surface area contributed by atoms with Crippen molar-refractivity contribution in [1.29, 1.82) is 0 Å². The lowest BCUT2D eigenvalue weighted by Crippen LogP contribution is -2.44. The Morgan fingerprint density at radius 2 is 1.69 bits per heavy atom. The molecular formula is C22H25Cl2N3OS. The second-order valence-corrected chi connectivity index (χ2v) is 9.97. The van der Waals surface area contributed by atoms with Gasteiger partial charge in [-0.25, -0.2) is 0 Å². The van der Waals surface area contributed by atoms with Crippen molar-refractivity contribution in [1.82, 2.24) is 4.90 Å². The van der Waals surface area contributed by atoms with Gasteiger partial charge in [0.15, 0.2) is 0 Å². The van der Waals surface area contributed by atoms with Crippen molar-refractivity contribution in [2.75, 3.05) is 61.9 Å². The minimum Gasteiger partial charge on any atom is -0.368 e. The van der Waals surface area contributed by atoms with Crippen LogP contribution >= 0.6 is 23.2 Å². The Labute approximate surface area is 185 Å². The number of halogens is 2. The molecule has 2 fully saturated rings. The standard InChI is InChI=1S/C22H25Cl2N3OS/c1-25-8-10-26(11-9-25)22-5-3-2-4-17(22)14-19-16-27(12-13-29(19)28)18-6-7-20(23)21(24)15-18/h2-7,14-15H,8-13,16H2,1H3. The van der Waals surface area contributed by atoms with E-state index in [4.69, 9.17) is 23.2 Å². The van der Waals surface area contributed by atoms with E-state index in [-0.39, 0.29) is 0 Å². The molecule has 1 atom stereocenters. The van der Waals surface area contributed by atoms with Crippen molar-refractivity contribution in [3.63, 3.8) is 0 Å². The third-order valence-corrected chi connectivity index (χ3v) is 7.68. The third-order valence-electron chi connectivity index (χ3n) is 5.55. The molecule has 2 aromatic rings. The van der Waals surface area contributed by atoms with Gasteiger partial charge in [-0.1, -0.05) is 41.4 Å². The number of para-hydroxylation sites is 1. The maximum absolute atomic E-state index is 12.8. The van der Waals surface area contributed by atoms with Crippen molar-refractivity contribution < 1.29 is 4.21 Å². The van der Waals surface area contributed by atoms with E-state index in [9.17, 15) is 4.21 Å². The van der Waals surface area contributed by atoms with Crippen LogP contribution in [0.5, 0.6) is 0 Å². The quantitative estimate of drug-likeness (QED) is 0.695. The summed E-state index contributed by atoms with van der Waals surface area (Å²) in [5.41, 5.74) is 3.36. The molecule has 4 rings (SSSR count). The number of hydrogen-bond acceptors (Lipinski definition) is 4. The molecule has 29 heavy (non-hydrogen) atoms.